The maximum absolute atomic E-state index is 5.66. The number of para-hydroxylation sites is 1. The lowest BCUT2D eigenvalue weighted by atomic mass is 10.3. The Morgan fingerprint density at radius 3 is 2.10 bits per heavy atom. The predicted molar refractivity (Wildman–Crippen MR) is 80.6 cm³/mol. The third-order valence-electron chi connectivity index (χ3n) is 2.99. The van der Waals surface area contributed by atoms with E-state index in [0.717, 1.165) is 19.6 Å². The van der Waals surface area contributed by atoms with Crippen LogP contribution in [0.4, 0.5) is 0 Å². The molecule has 0 aromatic heterocycles. The summed E-state index contributed by atoms with van der Waals surface area (Å²) in [6.45, 7) is 7.35. The molecule has 1 aromatic carbocycles. The smallest absolute Gasteiger partial charge is 0.204 e. The van der Waals surface area contributed by atoms with Crippen molar-refractivity contribution in [2.75, 3.05) is 40.5 Å². The Bertz CT molecular complexity index is 436. The molecular formula is C16H23NO3. The van der Waals surface area contributed by atoms with Gasteiger partial charge in [-0.15, -0.1) is 0 Å². The van der Waals surface area contributed by atoms with Crippen LogP contribution < -0.4 is 14.2 Å². The van der Waals surface area contributed by atoms with Crippen LogP contribution in [0, 0.1) is 11.8 Å². The molecule has 0 radical (unpaired) electrons. The highest BCUT2D eigenvalue weighted by Crippen LogP contribution is 2.36. The third kappa shape index (κ3) is 4.67. The number of rotatable bonds is 7. The van der Waals surface area contributed by atoms with Gasteiger partial charge in [0.15, 0.2) is 11.5 Å². The lowest BCUT2D eigenvalue weighted by molar-refractivity contribution is 0.304. The van der Waals surface area contributed by atoms with Crippen LogP contribution >= 0.6 is 0 Å². The highest BCUT2D eigenvalue weighted by atomic mass is 16.5. The van der Waals surface area contributed by atoms with Crippen LogP contribution in [-0.2, 0) is 0 Å². The Hall–Kier alpha value is -1.86. The number of benzene rings is 1. The van der Waals surface area contributed by atoms with Gasteiger partial charge in [-0.1, -0.05) is 31.8 Å². The van der Waals surface area contributed by atoms with Crippen LogP contribution in [0.25, 0.3) is 0 Å². The van der Waals surface area contributed by atoms with Crippen molar-refractivity contribution in [1.82, 2.24) is 4.90 Å². The first-order valence-corrected chi connectivity index (χ1v) is 6.78. The van der Waals surface area contributed by atoms with Gasteiger partial charge in [0.1, 0.15) is 6.61 Å². The van der Waals surface area contributed by atoms with E-state index < -0.39 is 0 Å². The molecule has 0 heterocycles. The summed E-state index contributed by atoms with van der Waals surface area (Å²) in [6.07, 6.45) is 0. The average molecular weight is 277 g/mol. The average Bonchev–Trinajstić information content (AvgIpc) is 2.50. The summed E-state index contributed by atoms with van der Waals surface area (Å²) in [5.74, 6) is 8.00. The molecule has 4 heteroatoms. The van der Waals surface area contributed by atoms with Gasteiger partial charge >= 0.3 is 0 Å². The maximum atomic E-state index is 5.66. The van der Waals surface area contributed by atoms with Crippen molar-refractivity contribution < 1.29 is 14.2 Å². The van der Waals surface area contributed by atoms with Crippen molar-refractivity contribution in [3.05, 3.63) is 18.2 Å². The maximum Gasteiger partial charge on any atom is 0.204 e. The topological polar surface area (TPSA) is 30.9 Å². The molecule has 0 unspecified atom stereocenters. The minimum atomic E-state index is 0.317. The first-order valence-electron chi connectivity index (χ1n) is 6.78. The first-order chi connectivity index (χ1) is 9.76. The summed E-state index contributed by atoms with van der Waals surface area (Å²) >= 11 is 0. The zero-order valence-corrected chi connectivity index (χ0v) is 12.7. The molecule has 0 fully saturated rings. The second-order valence-corrected chi connectivity index (χ2v) is 4.10. The van der Waals surface area contributed by atoms with Crippen LogP contribution in [0.3, 0.4) is 0 Å². The predicted octanol–water partition coefficient (Wildman–Crippen LogP) is 2.43. The fourth-order valence-corrected chi connectivity index (χ4v) is 1.73. The molecule has 4 nitrogen and oxygen atoms in total. The summed E-state index contributed by atoms with van der Waals surface area (Å²) in [6, 6.07) is 5.53. The van der Waals surface area contributed by atoms with Crippen LogP contribution in [0.2, 0.25) is 0 Å². The molecular weight excluding hydrogens is 254 g/mol. The van der Waals surface area contributed by atoms with Crippen molar-refractivity contribution in [3.63, 3.8) is 0 Å². The molecule has 0 atom stereocenters. The second-order valence-electron chi connectivity index (χ2n) is 4.10. The van der Waals surface area contributed by atoms with Crippen molar-refractivity contribution in [2.24, 2.45) is 0 Å². The molecule has 1 rings (SSSR count). The van der Waals surface area contributed by atoms with Crippen LogP contribution in [0.5, 0.6) is 17.2 Å². The summed E-state index contributed by atoms with van der Waals surface area (Å²) in [4.78, 5) is 2.25. The molecule has 0 aliphatic carbocycles. The van der Waals surface area contributed by atoms with Gasteiger partial charge in [0.2, 0.25) is 5.75 Å². The molecule has 0 amide bonds. The zero-order valence-electron chi connectivity index (χ0n) is 12.7. The molecule has 0 N–H and O–H groups in total. The molecule has 0 saturated heterocycles. The fraction of sp³-hybridized carbons (Fsp3) is 0.500. The first kappa shape index (κ1) is 16.2. The Labute approximate surface area is 121 Å². The number of hydrogen-bond donors (Lipinski definition) is 0. The quantitative estimate of drug-likeness (QED) is 0.716. The van der Waals surface area contributed by atoms with Crippen molar-refractivity contribution in [3.8, 4) is 29.1 Å². The summed E-state index contributed by atoms with van der Waals surface area (Å²) in [5, 5.41) is 0. The van der Waals surface area contributed by atoms with Gasteiger partial charge < -0.3 is 14.2 Å². The number of ether oxygens (including phenoxy) is 3. The second kappa shape index (κ2) is 9.11. The van der Waals surface area contributed by atoms with Gasteiger partial charge in [-0.3, -0.25) is 4.90 Å². The van der Waals surface area contributed by atoms with Gasteiger partial charge in [-0.25, -0.2) is 0 Å². The molecule has 110 valence electrons. The summed E-state index contributed by atoms with van der Waals surface area (Å²) < 4.78 is 16.2. The van der Waals surface area contributed by atoms with Crippen molar-refractivity contribution >= 4 is 0 Å². The lowest BCUT2D eigenvalue weighted by Crippen LogP contribution is -2.22. The largest absolute Gasteiger partial charge is 0.493 e. The molecule has 20 heavy (non-hydrogen) atoms. The normalized spacial score (nSPS) is 9.85. The Morgan fingerprint density at radius 2 is 1.60 bits per heavy atom. The molecule has 0 bridgehead atoms. The molecule has 0 aliphatic heterocycles. The monoisotopic (exact) mass is 277 g/mol. The fourth-order valence-electron chi connectivity index (χ4n) is 1.73. The minimum Gasteiger partial charge on any atom is -0.493 e. The van der Waals surface area contributed by atoms with E-state index >= 15 is 0 Å². The lowest BCUT2D eigenvalue weighted by Gasteiger charge is -2.13. The van der Waals surface area contributed by atoms with E-state index in [-0.39, 0.29) is 0 Å². The van der Waals surface area contributed by atoms with Crippen LogP contribution in [-0.4, -0.2) is 45.4 Å². The van der Waals surface area contributed by atoms with Crippen molar-refractivity contribution in [1.29, 1.82) is 0 Å². The Kier molecular flexibility index (Phi) is 7.38. The standard InChI is InChI=1S/C16H23NO3/c1-5-17(6-2)12-7-8-13-20-16-14(18-3)10-9-11-15(16)19-4/h9-11H,5-6,12-13H2,1-4H3. The molecule has 0 saturated carbocycles. The van der Waals surface area contributed by atoms with E-state index in [2.05, 4.69) is 30.6 Å². The van der Waals surface area contributed by atoms with Crippen LogP contribution in [0.15, 0.2) is 18.2 Å². The van der Waals surface area contributed by atoms with Gasteiger partial charge in [-0.2, -0.15) is 0 Å². The van der Waals surface area contributed by atoms with Crippen LogP contribution in [0.1, 0.15) is 13.8 Å². The highest BCUT2D eigenvalue weighted by Gasteiger charge is 2.10. The van der Waals surface area contributed by atoms with E-state index in [1.54, 1.807) is 14.2 Å². The van der Waals surface area contributed by atoms with Gasteiger partial charge in [-0.05, 0) is 25.2 Å². The van der Waals surface area contributed by atoms with E-state index in [4.69, 9.17) is 14.2 Å². The zero-order chi connectivity index (χ0) is 14.8. The van der Waals surface area contributed by atoms with E-state index in [9.17, 15) is 0 Å². The van der Waals surface area contributed by atoms with E-state index in [1.165, 1.54) is 0 Å². The van der Waals surface area contributed by atoms with Gasteiger partial charge in [0.05, 0.1) is 20.8 Å². The number of methoxy groups -OCH3 is 2. The Morgan fingerprint density at radius 1 is 1.00 bits per heavy atom. The SMILES string of the molecule is CCN(CC)CC#CCOc1c(OC)cccc1OC. The Balaban J connectivity index is 2.60. The minimum absolute atomic E-state index is 0.317. The van der Waals surface area contributed by atoms with Gasteiger partial charge in [0, 0.05) is 0 Å². The van der Waals surface area contributed by atoms with Crippen molar-refractivity contribution in [2.45, 2.75) is 13.8 Å². The van der Waals surface area contributed by atoms with E-state index in [1.807, 2.05) is 18.2 Å². The van der Waals surface area contributed by atoms with Gasteiger partial charge in [0.25, 0.3) is 0 Å². The van der Waals surface area contributed by atoms with E-state index in [0.29, 0.717) is 23.9 Å². The highest BCUT2D eigenvalue weighted by molar-refractivity contribution is 5.51. The third-order valence-corrected chi connectivity index (χ3v) is 2.99. The summed E-state index contributed by atoms with van der Waals surface area (Å²) in [5.41, 5.74) is 0. The summed E-state index contributed by atoms with van der Waals surface area (Å²) in [7, 11) is 3.21. The molecule has 0 spiro atoms. The molecule has 1 aromatic rings. The number of hydrogen-bond acceptors (Lipinski definition) is 4. The molecule has 0 aliphatic rings. The number of nitrogens with zero attached hydrogens (tertiary/aromatic N) is 1.